The number of hydrogen-bond acceptors (Lipinski definition) is 7. The molecule has 4 rings (SSSR count). The van der Waals surface area contributed by atoms with E-state index in [1.807, 2.05) is 4.90 Å². The van der Waals surface area contributed by atoms with Gasteiger partial charge in [-0.25, -0.2) is 12.8 Å². The van der Waals surface area contributed by atoms with Gasteiger partial charge in [-0.1, -0.05) is 0 Å². The molecule has 0 N–H and O–H groups in total. The summed E-state index contributed by atoms with van der Waals surface area (Å²) in [5.74, 6) is -0.888. The summed E-state index contributed by atoms with van der Waals surface area (Å²) in [5.41, 5.74) is 0.323. The maximum absolute atomic E-state index is 13.2. The number of nitro groups is 1. The molecule has 12 heteroatoms. The Bertz CT molecular complexity index is 1270. The highest BCUT2D eigenvalue weighted by Gasteiger charge is 2.33. The highest BCUT2D eigenvalue weighted by Crippen LogP contribution is 2.27. The highest BCUT2D eigenvalue weighted by atomic mass is 32.2. The van der Waals surface area contributed by atoms with Crippen LogP contribution in [0.3, 0.4) is 0 Å². The number of hydrogen-bond donors (Lipinski definition) is 0. The van der Waals surface area contributed by atoms with Crippen LogP contribution in [-0.2, 0) is 14.6 Å². The SMILES string of the molecule is CS(=O)(=O)c1ccc(C(=O)N2CCC(C(=O)N3CCN(c4ccc(F)cc4)CC3)CC2)cc1[N+](=O)[O-]. The predicted octanol–water partition coefficient (Wildman–Crippen LogP) is 2.34. The Morgan fingerprint density at radius 3 is 2.11 bits per heavy atom. The minimum Gasteiger partial charge on any atom is -0.368 e. The van der Waals surface area contributed by atoms with E-state index in [1.54, 1.807) is 12.1 Å². The van der Waals surface area contributed by atoms with Gasteiger partial charge in [0.15, 0.2) is 9.84 Å². The maximum Gasteiger partial charge on any atom is 0.288 e. The summed E-state index contributed by atoms with van der Waals surface area (Å²) in [4.78, 5) is 41.6. The molecule has 0 saturated carbocycles. The molecule has 0 radical (unpaired) electrons. The molecule has 192 valence electrons. The van der Waals surface area contributed by atoms with Crippen LogP contribution in [0.25, 0.3) is 0 Å². The summed E-state index contributed by atoms with van der Waals surface area (Å²) >= 11 is 0. The van der Waals surface area contributed by atoms with Gasteiger partial charge in [0.05, 0.1) is 4.92 Å². The fourth-order valence-electron chi connectivity index (χ4n) is 4.71. The summed E-state index contributed by atoms with van der Waals surface area (Å²) in [6, 6.07) is 9.65. The molecule has 10 nitrogen and oxygen atoms in total. The average molecular weight is 519 g/mol. The minimum absolute atomic E-state index is 0.0378. The number of benzene rings is 2. The van der Waals surface area contributed by atoms with Gasteiger partial charge in [0.1, 0.15) is 10.7 Å². The molecule has 2 heterocycles. The lowest BCUT2D eigenvalue weighted by molar-refractivity contribution is -0.387. The number of piperazine rings is 1. The number of halogens is 1. The van der Waals surface area contributed by atoms with Crippen molar-refractivity contribution in [2.24, 2.45) is 5.92 Å². The van der Waals surface area contributed by atoms with Gasteiger partial charge in [-0.15, -0.1) is 0 Å². The van der Waals surface area contributed by atoms with E-state index < -0.39 is 31.3 Å². The number of amides is 2. The number of nitrogens with zero attached hydrogens (tertiary/aromatic N) is 4. The number of piperidine rings is 1. The van der Waals surface area contributed by atoms with Crippen molar-refractivity contribution < 1.29 is 27.3 Å². The molecule has 0 atom stereocenters. The first-order valence-electron chi connectivity index (χ1n) is 11.6. The van der Waals surface area contributed by atoms with Crippen molar-refractivity contribution in [2.75, 3.05) is 50.4 Å². The Kier molecular flexibility index (Phi) is 7.25. The molecule has 2 aromatic rings. The third-order valence-corrected chi connectivity index (χ3v) is 7.86. The second-order valence-corrected chi connectivity index (χ2v) is 11.1. The van der Waals surface area contributed by atoms with Crippen LogP contribution in [0.1, 0.15) is 23.2 Å². The lowest BCUT2D eigenvalue weighted by atomic mass is 9.94. The fourth-order valence-corrected chi connectivity index (χ4v) is 5.54. The van der Waals surface area contributed by atoms with E-state index in [-0.39, 0.29) is 23.2 Å². The van der Waals surface area contributed by atoms with Gasteiger partial charge in [-0.05, 0) is 49.2 Å². The molecule has 2 amide bonds. The zero-order chi connectivity index (χ0) is 26.0. The molecule has 2 aliphatic rings. The molecular formula is C24H27FN4O6S. The largest absolute Gasteiger partial charge is 0.368 e. The third-order valence-electron chi connectivity index (χ3n) is 6.72. The van der Waals surface area contributed by atoms with Crippen molar-refractivity contribution in [3.8, 4) is 0 Å². The summed E-state index contributed by atoms with van der Waals surface area (Å²) in [7, 11) is -3.82. The lowest BCUT2D eigenvalue weighted by Gasteiger charge is -2.39. The number of carbonyl (C=O) groups is 2. The van der Waals surface area contributed by atoms with Gasteiger partial charge in [-0.3, -0.25) is 19.7 Å². The molecule has 2 aromatic carbocycles. The van der Waals surface area contributed by atoms with E-state index in [0.717, 1.165) is 24.1 Å². The monoisotopic (exact) mass is 518 g/mol. The Hall–Kier alpha value is -3.54. The Morgan fingerprint density at radius 2 is 1.56 bits per heavy atom. The van der Waals surface area contributed by atoms with E-state index in [4.69, 9.17) is 0 Å². The molecule has 0 bridgehead atoms. The van der Waals surface area contributed by atoms with Crippen molar-refractivity contribution in [1.29, 1.82) is 0 Å². The lowest BCUT2D eigenvalue weighted by Crippen LogP contribution is -2.52. The van der Waals surface area contributed by atoms with Gasteiger partial charge in [-0.2, -0.15) is 0 Å². The normalized spacial score (nSPS) is 17.2. The van der Waals surface area contributed by atoms with Crippen LogP contribution >= 0.6 is 0 Å². The second-order valence-electron chi connectivity index (χ2n) is 9.07. The number of carbonyl (C=O) groups excluding carboxylic acids is 2. The van der Waals surface area contributed by atoms with Gasteiger partial charge in [0, 0.05) is 68.8 Å². The summed E-state index contributed by atoms with van der Waals surface area (Å²) < 4.78 is 36.8. The number of rotatable bonds is 5. The van der Waals surface area contributed by atoms with Crippen molar-refractivity contribution in [3.05, 3.63) is 64.0 Å². The zero-order valence-electron chi connectivity index (χ0n) is 19.8. The molecule has 0 aromatic heterocycles. The van der Waals surface area contributed by atoms with E-state index in [2.05, 4.69) is 4.90 Å². The zero-order valence-corrected chi connectivity index (χ0v) is 20.6. The topological polar surface area (TPSA) is 121 Å². The summed E-state index contributed by atoms with van der Waals surface area (Å²) in [6.07, 6.45) is 1.83. The molecular weight excluding hydrogens is 491 g/mol. The highest BCUT2D eigenvalue weighted by molar-refractivity contribution is 7.90. The van der Waals surface area contributed by atoms with Crippen molar-refractivity contribution >= 4 is 33.0 Å². The van der Waals surface area contributed by atoms with Crippen LogP contribution in [0.4, 0.5) is 15.8 Å². The number of anilines is 1. The third kappa shape index (κ3) is 5.48. The Balaban J connectivity index is 1.33. The van der Waals surface area contributed by atoms with Crippen LogP contribution < -0.4 is 4.90 Å². The maximum atomic E-state index is 13.2. The quantitative estimate of drug-likeness (QED) is 0.440. The molecule has 36 heavy (non-hydrogen) atoms. The number of nitro benzene ring substituents is 1. The van der Waals surface area contributed by atoms with Crippen LogP contribution in [0.5, 0.6) is 0 Å². The number of sulfone groups is 1. The molecule has 2 fully saturated rings. The summed E-state index contributed by atoms with van der Waals surface area (Å²) in [5, 5.41) is 11.4. The van der Waals surface area contributed by atoms with Crippen LogP contribution in [0.15, 0.2) is 47.4 Å². The molecule has 0 unspecified atom stereocenters. The Labute approximate surface area is 208 Å². The van der Waals surface area contributed by atoms with Crippen LogP contribution in [-0.4, -0.2) is 80.5 Å². The van der Waals surface area contributed by atoms with Crippen molar-refractivity contribution in [1.82, 2.24) is 9.80 Å². The Morgan fingerprint density at radius 1 is 0.944 bits per heavy atom. The first kappa shape index (κ1) is 25.5. The van der Waals surface area contributed by atoms with E-state index in [0.29, 0.717) is 52.1 Å². The second kappa shape index (κ2) is 10.2. The van der Waals surface area contributed by atoms with Crippen molar-refractivity contribution in [2.45, 2.75) is 17.7 Å². The van der Waals surface area contributed by atoms with E-state index in [1.165, 1.54) is 23.1 Å². The van der Waals surface area contributed by atoms with E-state index in [9.17, 15) is 32.5 Å². The molecule has 2 aliphatic heterocycles. The van der Waals surface area contributed by atoms with Crippen LogP contribution in [0.2, 0.25) is 0 Å². The van der Waals surface area contributed by atoms with Crippen LogP contribution in [0, 0.1) is 21.8 Å². The van der Waals surface area contributed by atoms with Gasteiger partial charge in [0.25, 0.3) is 11.6 Å². The van der Waals surface area contributed by atoms with Gasteiger partial charge < -0.3 is 14.7 Å². The average Bonchev–Trinajstić information content (AvgIpc) is 2.87. The van der Waals surface area contributed by atoms with Gasteiger partial charge >= 0.3 is 0 Å². The van der Waals surface area contributed by atoms with Gasteiger partial charge in [0.2, 0.25) is 5.91 Å². The minimum atomic E-state index is -3.82. The van der Waals surface area contributed by atoms with Crippen molar-refractivity contribution in [3.63, 3.8) is 0 Å². The van der Waals surface area contributed by atoms with E-state index >= 15 is 0 Å². The standard InChI is InChI=1S/C24H27FN4O6S/c1-36(34,35)22-7-2-18(16-21(22)29(32)33)24(31)27-10-8-17(9-11-27)23(30)28-14-12-26(13-15-28)20-5-3-19(25)4-6-20/h2-7,16-17H,8-15H2,1H3. The first-order valence-corrected chi connectivity index (χ1v) is 13.5. The molecule has 0 spiro atoms. The molecule has 2 saturated heterocycles. The number of likely N-dealkylation sites (tertiary alicyclic amines) is 1. The smallest absolute Gasteiger partial charge is 0.288 e. The predicted molar refractivity (Wildman–Crippen MR) is 130 cm³/mol. The molecule has 0 aliphatic carbocycles. The fraction of sp³-hybridized carbons (Fsp3) is 0.417. The first-order chi connectivity index (χ1) is 17.0. The summed E-state index contributed by atoms with van der Waals surface area (Å²) in [6.45, 7) is 3.07.